The number of piperazine rings is 1. The third-order valence-electron chi connectivity index (χ3n) is 4.20. The first-order chi connectivity index (χ1) is 9.83. The molecule has 1 aromatic rings. The number of amidine groups is 1. The zero-order valence-electron chi connectivity index (χ0n) is 12.3. The maximum absolute atomic E-state index is 4.56. The van der Waals surface area contributed by atoms with E-state index in [2.05, 4.69) is 51.4 Å². The van der Waals surface area contributed by atoms with Crippen LogP contribution in [0.1, 0.15) is 11.1 Å². The molecule has 2 heterocycles. The number of hydrogen-bond acceptors (Lipinski definition) is 4. The number of likely N-dealkylation sites (N-methyl/N-ethyl adjacent to an activating group) is 1. The molecule has 1 fully saturated rings. The van der Waals surface area contributed by atoms with E-state index in [1.54, 1.807) is 0 Å². The van der Waals surface area contributed by atoms with Crippen molar-refractivity contribution in [1.29, 1.82) is 0 Å². The minimum Gasteiger partial charge on any atom is -0.358 e. The summed E-state index contributed by atoms with van der Waals surface area (Å²) in [6.45, 7) is 7.76. The second-order valence-corrected chi connectivity index (χ2v) is 5.67. The molecule has 1 N–H and O–H groups in total. The van der Waals surface area contributed by atoms with Crippen molar-refractivity contribution in [3.63, 3.8) is 0 Å². The smallest absolute Gasteiger partial charge is 0.130 e. The Morgan fingerprint density at radius 2 is 1.85 bits per heavy atom. The third-order valence-corrected chi connectivity index (χ3v) is 4.20. The van der Waals surface area contributed by atoms with Crippen LogP contribution in [0.4, 0.5) is 0 Å². The molecular formula is C16H24N4. The summed E-state index contributed by atoms with van der Waals surface area (Å²) in [5.41, 5.74) is 2.67. The van der Waals surface area contributed by atoms with Crippen LogP contribution in [0.25, 0.3) is 0 Å². The summed E-state index contributed by atoms with van der Waals surface area (Å²) in [5, 5.41) is 3.40. The molecule has 2 aliphatic heterocycles. The van der Waals surface area contributed by atoms with Gasteiger partial charge in [0, 0.05) is 51.9 Å². The van der Waals surface area contributed by atoms with Gasteiger partial charge in [0.2, 0.25) is 0 Å². The molecule has 0 aliphatic carbocycles. The van der Waals surface area contributed by atoms with Crippen molar-refractivity contribution in [3.05, 3.63) is 35.4 Å². The Morgan fingerprint density at radius 3 is 2.50 bits per heavy atom. The lowest BCUT2D eigenvalue weighted by Crippen LogP contribution is -2.44. The highest BCUT2D eigenvalue weighted by atomic mass is 15.2. The van der Waals surface area contributed by atoms with E-state index in [1.165, 1.54) is 30.8 Å². The Morgan fingerprint density at radius 1 is 1.10 bits per heavy atom. The average molecular weight is 272 g/mol. The molecule has 20 heavy (non-hydrogen) atoms. The van der Waals surface area contributed by atoms with Crippen molar-refractivity contribution in [2.45, 2.75) is 6.42 Å². The summed E-state index contributed by atoms with van der Waals surface area (Å²) >= 11 is 0. The van der Waals surface area contributed by atoms with Crippen LogP contribution in [0.3, 0.4) is 0 Å². The summed E-state index contributed by atoms with van der Waals surface area (Å²) in [7, 11) is 2.12. The van der Waals surface area contributed by atoms with Crippen molar-refractivity contribution >= 4 is 5.84 Å². The molecule has 0 unspecified atom stereocenters. The molecule has 3 rings (SSSR count). The Hall–Kier alpha value is -1.39. The molecule has 0 radical (unpaired) electrons. The topological polar surface area (TPSA) is 30.9 Å². The molecule has 0 saturated carbocycles. The minimum absolute atomic E-state index is 0.927. The van der Waals surface area contributed by atoms with Gasteiger partial charge in [-0.1, -0.05) is 24.3 Å². The lowest BCUT2D eigenvalue weighted by atomic mass is 10.1. The van der Waals surface area contributed by atoms with Crippen LogP contribution < -0.4 is 5.32 Å². The van der Waals surface area contributed by atoms with Crippen LogP contribution in [0.5, 0.6) is 0 Å². The van der Waals surface area contributed by atoms with Crippen LogP contribution in [0, 0.1) is 0 Å². The molecule has 1 aromatic carbocycles. The van der Waals surface area contributed by atoms with Crippen molar-refractivity contribution in [1.82, 2.24) is 15.1 Å². The first-order valence-corrected chi connectivity index (χ1v) is 7.61. The summed E-state index contributed by atoms with van der Waals surface area (Å²) in [5.74, 6) is 1.14. The number of benzene rings is 1. The van der Waals surface area contributed by atoms with Gasteiger partial charge in [-0.3, -0.25) is 4.99 Å². The summed E-state index contributed by atoms with van der Waals surface area (Å²) in [4.78, 5) is 9.34. The maximum atomic E-state index is 4.56. The Kier molecular flexibility index (Phi) is 4.33. The van der Waals surface area contributed by atoms with Gasteiger partial charge in [-0.2, -0.15) is 0 Å². The predicted octanol–water partition coefficient (Wildman–Crippen LogP) is 0.826. The summed E-state index contributed by atoms with van der Waals surface area (Å²) in [6, 6.07) is 8.94. The van der Waals surface area contributed by atoms with Gasteiger partial charge in [-0.15, -0.1) is 0 Å². The summed E-state index contributed by atoms with van der Waals surface area (Å²) in [6.07, 6.45) is 1.14. The number of nitrogens with zero attached hydrogens (tertiary/aromatic N) is 3. The molecule has 0 aromatic heterocycles. The first kappa shape index (κ1) is 13.6. The van der Waals surface area contributed by atoms with E-state index in [1.807, 2.05) is 0 Å². The second-order valence-electron chi connectivity index (χ2n) is 5.67. The molecule has 0 bridgehead atoms. The Bertz CT molecular complexity index is 460. The lowest BCUT2D eigenvalue weighted by Gasteiger charge is -2.27. The van der Waals surface area contributed by atoms with Crippen LogP contribution in [-0.2, 0) is 6.42 Å². The van der Waals surface area contributed by atoms with Crippen molar-refractivity contribution in [3.8, 4) is 0 Å². The zero-order chi connectivity index (χ0) is 13.8. The number of hydrogen-bond donors (Lipinski definition) is 1. The van der Waals surface area contributed by atoms with Gasteiger partial charge in [-0.25, -0.2) is 0 Å². The molecule has 0 amide bonds. The first-order valence-electron chi connectivity index (χ1n) is 7.61. The number of nitrogens with one attached hydrogen (secondary N) is 1. The van der Waals surface area contributed by atoms with E-state index < -0.39 is 0 Å². The van der Waals surface area contributed by atoms with E-state index in [-0.39, 0.29) is 0 Å². The van der Waals surface area contributed by atoms with Crippen LogP contribution >= 0.6 is 0 Å². The molecule has 0 atom stereocenters. The molecule has 4 nitrogen and oxygen atoms in total. The fourth-order valence-corrected chi connectivity index (χ4v) is 2.89. The van der Waals surface area contributed by atoms with Crippen LogP contribution in [0.2, 0.25) is 0 Å². The van der Waals surface area contributed by atoms with E-state index in [4.69, 9.17) is 0 Å². The predicted molar refractivity (Wildman–Crippen MR) is 83.5 cm³/mol. The van der Waals surface area contributed by atoms with Crippen molar-refractivity contribution in [2.24, 2.45) is 4.99 Å². The highest BCUT2D eigenvalue weighted by Crippen LogP contribution is 2.12. The largest absolute Gasteiger partial charge is 0.358 e. The van der Waals surface area contributed by atoms with Crippen LogP contribution in [0.15, 0.2) is 29.3 Å². The van der Waals surface area contributed by atoms with Crippen molar-refractivity contribution in [2.75, 3.05) is 52.9 Å². The van der Waals surface area contributed by atoms with E-state index in [9.17, 15) is 0 Å². The molecule has 0 spiro atoms. The molecule has 1 saturated heterocycles. The normalized spacial score (nSPS) is 20.2. The van der Waals surface area contributed by atoms with Gasteiger partial charge in [0.25, 0.3) is 0 Å². The SMILES string of the molecule is CN1CCN=C1c1ccc(CCN2CCNCC2)cc1. The van der Waals surface area contributed by atoms with Gasteiger partial charge in [0.1, 0.15) is 5.84 Å². The van der Waals surface area contributed by atoms with E-state index >= 15 is 0 Å². The fourth-order valence-electron chi connectivity index (χ4n) is 2.89. The molecule has 4 heteroatoms. The van der Waals surface area contributed by atoms with Gasteiger partial charge in [0.05, 0.1) is 6.54 Å². The van der Waals surface area contributed by atoms with E-state index in [0.29, 0.717) is 0 Å². The monoisotopic (exact) mass is 272 g/mol. The number of rotatable bonds is 4. The minimum atomic E-state index is 0.927. The van der Waals surface area contributed by atoms with E-state index in [0.717, 1.165) is 38.4 Å². The Balaban J connectivity index is 1.56. The van der Waals surface area contributed by atoms with Gasteiger partial charge in [-0.05, 0) is 12.0 Å². The summed E-state index contributed by atoms with van der Waals surface area (Å²) < 4.78 is 0. The molecule has 108 valence electrons. The lowest BCUT2D eigenvalue weighted by molar-refractivity contribution is 0.244. The number of aliphatic imine (C=N–C) groups is 1. The second kappa shape index (κ2) is 6.37. The van der Waals surface area contributed by atoms with Crippen molar-refractivity contribution < 1.29 is 0 Å². The standard InChI is InChI=1S/C16H24N4/c1-19-11-9-18-16(19)15-4-2-14(3-5-15)6-10-20-12-7-17-8-13-20/h2-5,17H,6-13H2,1H3. The highest BCUT2D eigenvalue weighted by Gasteiger charge is 2.14. The molecular weight excluding hydrogens is 248 g/mol. The highest BCUT2D eigenvalue weighted by molar-refractivity contribution is 5.99. The fraction of sp³-hybridized carbons (Fsp3) is 0.562. The van der Waals surface area contributed by atoms with Gasteiger partial charge >= 0.3 is 0 Å². The quantitative estimate of drug-likeness (QED) is 0.881. The molecule has 2 aliphatic rings. The van der Waals surface area contributed by atoms with Gasteiger partial charge in [0.15, 0.2) is 0 Å². The third kappa shape index (κ3) is 3.19. The Labute approximate surface area is 121 Å². The van der Waals surface area contributed by atoms with Gasteiger partial charge < -0.3 is 15.1 Å². The zero-order valence-corrected chi connectivity index (χ0v) is 12.3. The van der Waals surface area contributed by atoms with Crippen LogP contribution in [-0.4, -0.2) is 68.5 Å². The average Bonchev–Trinajstić information content (AvgIpc) is 2.93. The maximum Gasteiger partial charge on any atom is 0.130 e.